The van der Waals surface area contributed by atoms with Crippen molar-refractivity contribution >= 4 is 33.5 Å². The number of amides is 1. The van der Waals surface area contributed by atoms with Crippen molar-refractivity contribution < 1.29 is 19.4 Å². The summed E-state index contributed by atoms with van der Waals surface area (Å²) in [6, 6.07) is 15.1. The fraction of sp³-hybridized carbons (Fsp3) is 0.286. The van der Waals surface area contributed by atoms with Crippen molar-refractivity contribution in [3.63, 3.8) is 0 Å². The van der Waals surface area contributed by atoms with Gasteiger partial charge in [-0.3, -0.25) is 4.79 Å². The van der Waals surface area contributed by atoms with Crippen LogP contribution in [0.5, 0.6) is 5.75 Å². The molecule has 0 N–H and O–H groups in total. The summed E-state index contributed by atoms with van der Waals surface area (Å²) in [6.07, 6.45) is 0.788. The first-order chi connectivity index (χ1) is 13.5. The summed E-state index contributed by atoms with van der Waals surface area (Å²) in [5.41, 5.74) is 2.71. The molecule has 2 aromatic rings. The Balaban J connectivity index is 1.84. The zero-order chi connectivity index (χ0) is 20.1. The molecule has 1 aliphatic heterocycles. The van der Waals surface area contributed by atoms with Crippen LogP contribution in [0.4, 0.5) is 0 Å². The van der Waals surface area contributed by atoms with Crippen molar-refractivity contribution in [1.29, 1.82) is 0 Å². The normalized spacial score (nSPS) is 16.0. The number of rotatable bonds is 7. The lowest BCUT2D eigenvalue weighted by Gasteiger charge is -2.22. The van der Waals surface area contributed by atoms with Gasteiger partial charge in [-0.1, -0.05) is 28.1 Å². The lowest BCUT2D eigenvalue weighted by Crippen LogP contribution is -2.28. The van der Waals surface area contributed by atoms with E-state index >= 15 is 0 Å². The maximum absolute atomic E-state index is 12.7. The molecule has 1 aliphatic rings. The van der Waals surface area contributed by atoms with Crippen molar-refractivity contribution in [2.24, 2.45) is 5.10 Å². The molecule has 28 heavy (non-hydrogen) atoms. The van der Waals surface area contributed by atoms with E-state index in [-0.39, 0.29) is 31.2 Å². The van der Waals surface area contributed by atoms with E-state index in [2.05, 4.69) is 21.0 Å². The third-order valence-electron chi connectivity index (χ3n) is 4.62. The quantitative estimate of drug-likeness (QED) is 0.658. The Labute approximate surface area is 171 Å². The molecule has 0 unspecified atom stereocenters. The van der Waals surface area contributed by atoms with Gasteiger partial charge in [0.05, 0.1) is 18.9 Å². The zero-order valence-electron chi connectivity index (χ0n) is 15.4. The van der Waals surface area contributed by atoms with Crippen LogP contribution in [0, 0.1) is 0 Å². The molecular formula is C21H20BrN2O4-. The van der Waals surface area contributed by atoms with Crippen molar-refractivity contribution in [2.75, 3.05) is 7.11 Å². The molecule has 3 rings (SSSR count). The summed E-state index contributed by atoms with van der Waals surface area (Å²) in [5.74, 6) is -0.596. The highest BCUT2D eigenvalue weighted by molar-refractivity contribution is 9.10. The molecule has 6 nitrogen and oxygen atoms in total. The van der Waals surface area contributed by atoms with Gasteiger partial charge in [-0.05, 0) is 60.4 Å². The third-order valence-corrected chi connectivity index (χ3v) is 5.14. The SMILES string of the molecule is COc1ccc(C2=NN(C(=O)CCCC(=O)[O-])[C@H](c3ccc(Br)cc3)C2)cc1. The fourth-order valence-corrected chi connectivity index (χ4v) is 3.41. The number of carbonyl (C=O) groups is 2. The third kappa shape index (κ3) is 4.78. The highest BCUT2D eigenvalue weighted by Crippen LogP contribution is 2.34. The first kappa shape index (κ1) is 20.1. The number of benzene rings is 2. The summed E-state index contributed by atoms with van der Waals surface area (Å²) in [6.45, 7) is 0. The smallest absolute Gasteiger partial charge is 0.243 e. The van der Waals surface area contributed by atoms with Gasteiger partial charge >= 0.3 is 0 Å². The van der Waals surface area contributed by atoms with Gasteiger partial charge in [0, 0.05) is 23.3 Å². The highest BCUT2D eigenvalue weighted by atomic mass is 79.9. The Kier molecular flexibility index (Phi) is 6.46. The maximum Gasteiger partial charge on any atom is 0.243 e. The Bertz CT molecular complexity index is 878. The predicted octanol–water partition coefficient (Wildman–Crippen LogP) is 3.06. The van der Waals surface area contributed by atoms with E-state index < -0.39 is 5.97 Å². The minimum Gasteiger partial charge on any atom is -0.550 e. The van der Waals surface area contributed by atoms with Crippen molar-refractivity contribution in [3.8, 4) is 5.75 Å². The van der Waals surface area contributed by atoms with Crippen molar-refractivity contribution in [1.82, 2.24) is 5.01 Å². The Morgan fingerprint density at radius 3 is 2.43 bits per heavy atom. The summed E-state index contributed by atoms with van der Waals surface area (Å²) in [5, 5.41) is 16.7. The van der Waals surface area contributed by atoms with Gasteiger partial charge in [0.2, 0.25) is 5.91 Å². The van der Waals surface area contributed by atoms with E-state index in [9.17, 15) is 14.7 Å². The number of carboxylic acids is 1. The van der Waals surface area contributed by atoms with E-state index in [4.69, 9.17) is 4.74 Å². The first-order valence-corrected chi connectivity index (χ1v) is 9.76. The minimum atomic E-state index is -1.15. The largest absolute Gasteiger partial charge is 0.550 e. The molecule has 7 heteroatoms. The van der Waals surface area contributed by atoms with Gasteiger partial charge < -0.3 is 14.6 Å². The van der Waals surface area contributed by atoms with E-state index in [1.165, 1.54) is 5.01 Å². The van der Waals surface area contributed by atoms with Gasteiger partial charge in [0.1, 0.15) is 5.75 Å². The lowest BCUT2D eigenvalue weighted by atomic mass is 9.98. The van der Waals surface area contributed by atoms with Crippen molar-refractivity contribution in [3.05, 3.63) is 64.1 Å². The van der Waals surface area contributed by atoms with Crippen LogP contribution in [0.3, 0.4) is 0 Å². The summed E-state index contributed by atoms with van der Waals surface area (Å²) >= 11 is 3.43. The molecule has 0 spiro atoms. The molecule has 0 saturated heterocycles. The number of carbonyl (C=O) groups excluding carboxylic acids is 2. The Morgan fingerprint density at radius 2 is 1.82 bits per heavy atom. The van der Waals surface area contributed by atoms with Crippen LogP contribution in [0.15, 0.2) is 58.1 Å². The number of nitrogens with zero attached hydrogens (tertiary/aromatic N) is 2. The second-order valence-corrected chi connectivity index (χ2v) is 7.43. The average molecular weight is 444 g/mol. The van der Waals surface area contributed by atoms with Gasteiger partial charge in [0.15, 0.2) is 0 Å². The van der Waals surface area contributed by atoms with Gasteiger partial charge in [-0.25, -0.2) is 5.01 Å². The molecule has 1 heterocycles. The van der Waals surface area contributed by atoms with E-state index in [0.29, 0.717) is 6.42 Å². The zero-order valence-corrected chi connectivity index (χ0v) is 17.0. The second-order valence-electron chi connectivity index (χ2n) is 6.51. The molecule has 0 aliphatic carbocycles. The number of aliphatic carboxylic acids is 1. The standard InChI is InChI=1S/C21H21BrN2O4/c1-28-17-11-7-14(8-12-17)18-13-19(15-5-9-16(22)10-6-15)24(23-18)20(25)3-2-4-21(26)27/h5-12,19H,2-4,13H2,1H3,(H,26,27)/p-1/t19-/m0/s1. The average Bonchev–Trinajstić information content (AvgIpc) is 3.14. The molecular weight excluding hydrogens is 424 g/mol. The van der Waals surface area contributed by atoms with Gasteiger partial charge in [-0.15, -0.1) is 0 Å². The summed E-state index contributed by atoms with van der Waals surface area (Å²) in [4.78, 5) is 23.4. The molecule has 0 aromatic heterocycles. The Morgan fingerprint density at radius 1 is 1.14 bits per heavy atom. The number of carboxylic acid groups (broad SMARTS) is 1. The lowest BCUT2D eigenvalue weighted by molar-refractivity contribution is -0.305. The minimum absolute atomic E-state index is 0.112. The number of ether oxygens (including phenoxy) is 1. The van der Waals surface area contributed by atoms with E-state index in [1.807, 2.05) is 48.5 Å². The van der Waals surface area contributed by atoms with E-state index in [0.717, 1.165) is 27.1 Å². The fourth-order valence-electron chi connectivity index (χ4n) is 3.14. The molecule has 0 bridgehead atoms. The summed E-state index contributed by atoms with van der Waals surface area (Å²) in [7, 11) is 1.61. The maximum atomic E-state index is 12.7. The van der Waals surface area contributed by atoms with Gasteiger partial charge in [0.25, 0.3) is 0 Å². The van der Waals surface area contributed by atoms with Crippen LogP contribution in [-0.4, -0.2) is 29.7 Å². The molecule has 2 aromatic carbocycles. The number of hydrogen-bond acceptors (Lipinski definition) is 5. The Hall–Kier alpha value is -2.67. The molecule has 146 valence electrons. The van der Waals surface area contributed by atoms with Crippen LogP contribution in [0.2, 0.25) is 0 Å². The van der Waals surface area contributed by atoms with Crippen molar-refractivity contribution in [2.45, 2.75) is 31.7 Å². The first-order valence-electron chi connectivity index (χ1n) is 8.97. The van der Waals surface area contributed by atoms with Crippen LogP contribution >= 0.6 is 15.9 Å². The molecule has 0 fully saturated rings. The predicted molar refractivity (Wildman–Crippen MR) is 107 cm³/mol. The highest BCUT2D eigenvalue weighted by Gasteiger charge is 2.32. The summed E-state index contributed by atoms with van der Waals surface area (Å²) < 4.78 is 6.15. The van der Waals surface area contributed by atoms with Gasteiger partial charge in [-0.2, -0.15) is 5.10 Å². The van der Waals surface area contributed by atoms with Crippen LogP contribution in [0.25, 0.3) is 0 Å². The molecule has 1 atom stereocenters. The monoisotopic (exact) mass is 443 g/mol. The number of hydrogen-bond donors (Lipinski definition) is 0. The number of halogens is 1. The molecule has 0 saturated carbocycles. The molecule has 0 radical (unpaired) electrons. The number of methoxy groups -OCH3 is 1. The van der Waals surface area contributed by atoms with Crippen LogP contribution in [0.1, 0.15) is 42.9 Å². The van der Waals surface area contributed by atoms with Crippen LogP contribution in [-0.2, 0) is 9.59 Å². The molecule has 1 amide bonds. The van der Waals surface area contributed by atoms with E-state index in [1.54, 1.807) is 7.11 Å². The second kappa shape index (κ2) is 9.01. The number of hydrazone groups is 1. The van der Waals surface area contributed by atoms with Crippen LogP contribution < -0.4 is 9.84 Å². The topological polar surface area (TPSA) is 82.0 Å².